The molecule has 1 rings (SSSR count). The van der Waals surface area contributed by atoms with E-state index in [2.05, 4.69) is 0 Å². The van der Waals surface area contributed by atoms with E-state index in [0.717, 1.165) is 0 Å². The van der Waals surface area contributed by atoms with E-state index in [1.807, 2.05) is 13.8 Å². The molecule has 1 nitrogen and oxygen atoms in total. The molecule has 1 fully saturated rings. The molecule has 2 atom stereocenters. The fourth-order valence-electron chi connectivity index (χ4n) is 0.510. The monoisotopic (exact) mass is 120 g/mol. The van der Waals surface area contributed by atoms with Crippen LogP contribution in [0.15, 0.2) is 0 Å². The zero-order chi connectivity index (χ0) is 5.49. The molecule has 0 amide bonds. The third-order valence-electron chi connectivity index (χ3n) is 1.51. The number of halogens is 1. The minimum Gasteiger partial charge on any atom is -0.365 e. The Morgan fingerprint density at radius 2 is 2.29 bits per heavy atom. The second-order valence-electron chi connectivity index (χ2n) is 2.21. The molecule has 0 aromatic rings. The first-order valence-corrected chi connectivity index (χ1v) is 2.96. The Hall–Kier alpha value is 0.250. The van der Waals surface area contributed by atoms with Gasteiger partial charge in [-0.3, -0.25) is 0 Å². The van der Waals surface area contributed by atoms with Gasteiger partial charge in [-0.1, -0.05) is 0 Å². The Balaban J connectivity index is 2.36. The number of hydrogen-bond donors (Lipinski definition) is 0. The highest BCUT2D eigenvalue weighted by atomic mass is 35.5. The molecule has 0 aromatic heterocycles. The van der Waals surface area contributed by atoms with Crippen LogP contribution < -0.4 is 0 Å². The lowest BCUT2D eigenvalue weighted by Crippen LogP contribution is -2.08. The van der Waals surface area contributed by atoms with Crippen LogP contribution in [0.2, 0.25) is 0 Å². The van der Waals surface area contributed by atoms with E-state index in [9.17, 15) is 0 Å². The van der Waals surface area contributed by atoms with Crippen LogP contribution in [-0.2, 0) is 4.74 Å². The lowest BCUT2D eigenvalue weighted by molar-refractivity contribution is 0.331. The van der Waals surface area contributed by atoms with Gasteiger partial charge in [-0.15, -0.1) is 11.6 Å². The van der Waals surface area contributed by atoms with Gasteiger partial charge in [0.2, 0.25) is 0 Å². The first-order valence-electron chi connectivity index (χ1n) is 2.43. The van der Waals surface area contributed by atoms with Gasteiger partial charge in [0, 0.05) is 0 Å². The van der Waals surface area contributed by atoms with Crippen molar-refractivity contribution in [2.24, 2.45) is 0 Å². The third kappa shape index (κ3) is 0.752. The van der Waals surface area contributed by atoms with E-state index in [0.29, 0.717) is 12.0 Å². The molecule has 1 aliphatic rings. The maximum atomic E-state index is 5.51. The van der Waals surface area contributed by atoms with Gasteiger partial charge in [-0.2, -0.15) is 0 Å². The van der Waals surface area contributed by atoms with Crippen molar-refractivity contribution in [2.45, 2.75) is 25.6 Å². The zero-order valence-corrected chi connectivity index (χ0v) is 5.33. The van der Waals surface area contributed by atoms with Gasteiger partial charge in [0.1, 0.15) is 5.60 Å². The zero-order valence-electron chi connectivity index (χ0n) is 4.57. The van der Waals surface area contributed by atoms with Gasteiger partial charge in [0.15, 0.2) is 0 Å². The highest BCUT2D eigenvalue weighted by Gasteiger charge is 2.47. The summed E-state index contributed by atoms with van der Waals surface area (Å²) in [4.78, 5) is 0. The number of hydrogen-bond acceptors (Lipinski definition) is 1. The number of rotatable bonds is 1. The Bertz CT molecular complexity index is 80.1. The molecule has 0 N–H and O–H groups in total. The molecule has 2 unspecified atom stereocenters. The van der Waals surface area contributed by atoms with Crippen LogP contribution >= 0.6 is 11.6 Å². The predicted octanol–water partition coefficient (Wildman–Crippen LogP) is 1.40. The Morgan fingerprint density at radius 3 is 2.29 bits per heavy atom. The van der Waals surface area contributed by atoms with E-state index in [1.54, 1.807) is 0 Å². The molecule has 1 aliphatic heterocycles. The molecule has 0 spiro atoms. The smallest absolute Gasteiger partial charge is 0.105 e. The van der Waals surface area contributed by atoms with E-state index in [1.165, 1.54) is 0 Å². The minimum atomic E-state index is 0.0154. The van der Waals surface area contributed by atoms with E-state index in [-0.39, 0.29) is 5.60 Å². The molecule has 1 saturated heterocycles. The van der Waals surface area contributed by atoms with E-state index in [4.69, 9.17) is 16.3 Å². The summed E-state index contributed by atoms with van der Waals surface area (Å²) < 4.78 is 5.12. The lowest BCUT2D eigenvalue weighted by Gasteiger charge is -1.92. The van der Waals surface area contributed by atoms with Crippen molar-refractivity contribution in [2.75, 3.05) is 5.88 Å². The molecule has 0 saturated carbocycles. The summed E-state index contributed by atoms with van der Waals surface area (Å²) in [6.45, 7) is 4.05. The maximum Gasteiger partial charge on any atom is 0.105 e. The lowest BCUT2D eigenvalue weighted by atomic mass is 10.2. The number of ether oxygens (including phenoxy) is 1. The van der Waals surface area contributed by atoms with Crippen LogP contribution in [0.25, 0.3) is 0 Å². The summed E-state index contributed by atoms with van der Waals surface area (Å²) in [5.41, 5.74) is 0.0154. The Morgan fingerprint density at radius 1 is 1.86 bits per heavy atom. The van der Waals surface area contributed by atoms with Gasteiger partial charge in [0.05, 0.1) is 12.0 Å². The van der Waals surface area contributed by atoms with Crippen molar-refractivity contribution in [3.63, 3.8) is 0 Å². The van der Waals surface area contributed by atoms with Crippen molar-refractivity contribution in [1.29, 1.82) is 0 Å². The standard InChI is InChI=1S/C5H9ClO/c1-4-5(2,3-6)7-4/h4H,3H2,1-2H3. The molecular formula is C5H9ClO. The van der Waals surface area contributed by atoms with Crippen LogP contribution in [-0.4, -0.2) is 17.6 Å². The molecule has 0 radical (unpaired) electrons. The third-order valence-corrected chi connectivity index (χ3v) is 2.04. The van der Waals surface area contributed by atoms with Gasteiger partial charge in [-0.05, 0) is 13.8 Å². The van der Waals surface area contributed by atoms with Crippen molar-refractivity contribution in [3.05, 3.63) is 0 Å². The van der Waals surface area contributed by atoms with Crippen LogP contribution in [0.4, 0.5) is 0 Å². The quantitative estimate of drug-likeness (QED) is 0.377. The molecule has 0 aromatic carbocycles. The largest absolute Gasteiger partial charge is 0.365 e. The van der Waals surface area contributed by atoms with Crippen molar-refractivity contribution in [1.82, 2.24) is 0 Å². The van der Waals surface area contributed by atoms with Gasteiger partial charge < -0.3 is 4.74 Å². The molecule has 0 bridgehead atoms. The number of alkyl halides is 1. The molecule has 0 aliphatic carbocycles. The molecule has 1 heterocycles. The summed E-state index contributed by atoms with van der Waals surface area (Å²) in [7, 11) is 0. The highest BCUT2D eigenvalue weighted by molar-refractivity contribution is 6.18. The fourth-order valence-corrected chi connectivity index (χ4v) is 0.790. The minimum absolute atomic E-state index is 0.0154. The molecule has 2 heteroatoms. The fraction of sp³-hybridized carbons (Fsp3) is 1.00. The SMILES string of the molecule is CC1OC1(C)CCl. The summed E-state index contributed by atoms with van der Waals surface area (Å²) in [5, 5.41) is 0. The number of epoxide rings is 1. The summed E-state index contributed by atoms with van der Waals surface area (Å²) in [6, 6.07) is 0. The Labute approximate surface area is 48.6 Å². The molecule has 7 heavy (non-hydrogen) atoms. The second kappa shape index (κ2) is 1.36. The highest BCUT2D eigenvalue weighted by Crippen LogP contribution is 2.36. The Kier molecular flexibility index (Phi) is 1.05. The van der Waals surface area contributed by atoms with Crippen LogP contribution in [0.1, 0.15) is 13.8 Å². The van der Waals surface area contributed by atoms with Gasteiger partial charge in [0.25, 0.3) is 0 Å². The molecular weight excluding hydrogens is 112 g/mol. The molecule has 42 valence electrons. The normalized spacial score (nSPS) is 49.3. The van der Waals surface area contributed by atoms with Gasteiger partial charge >= 0.3 is 0 Å². The first kappa shape index (κ1) is 5.39. The van der Waals surface area contributed by atoms with Crippen molar-refractivity contribution >= 4 is 11.6 Å². The van der Waals surface area contributed by atoms with Crippen LogP contribution in [0, 0.1) is 0 Å². The van der Waals surface area contributed by atoms with Crippen LogP contribution in [0.3, 0.4) is 0 Å². The summed E-state index contributed by atoms with van der Waals surface area (Å²) in [6.07, 6.45) is 0.380. The maximum absolute atomic E-state index is 5.51. The summed E-state index contributed by atoms with van der Waals surface area (Å²) in [5.74, 6) is 0.619. The topological polar surface area (TPSA) is 12.5 Å². The van der Waals surface area contributed by atoms with E-state index >= 15 is 0 Å². The first-order chi connectivity index (χ1) is 3.19. The average Bonchev–Trinajstić information content (AvgIpc) is 2.18. The van der Waals surface area contributed by atoms with Crippen molar-refractivity contribution in [3.8, 4) is 0 Å². The van der Waals surface area contributed by atoms with E-state index < -0.39 is 0 Å². The second-order valence-corrected chi connectivity index (χ2v) is 2.47. The van der Waals surface area contributed by atoms with Gasteiger partial charge in [-0.25, -0.2) is 0 Å². The average molecular weight is 121 g/mol. The van der Waals surface area contributed by atoms with Crippen molar-refractivity contribution < 1.29 is 4.74 Å². The summed E-state index contributed by atoms with van der Waals surface area (Å²) >= 11 is 5.51. The van der Waals surface area contributed by atoms with Crippen LogP contribution in [0.5, 0.6) is 0 Å². The predicted molar refractivity (Wildman–Crippen MR) is 29.7 cm³/mol.